The Kier molecular flexibility index (Phi) is 8.19. The van der Waals surface area contributed by atoms with Crippen LogP contribution in [0.2, 0.25) is 5.02 Å². The van der Waals surface area contributed by atoms with E-state index in [0.717, 1.165) is 64.5 Å². The van der Waals surface area contributed by atoms with Crippen molar-refractivity contribution in [2.45, 2.75) is 4.90 Å². The SMILES string of the molecule is COc1ccc(OC)c2sc(N3CCN(CCNC(=O)CSc4ccc(Cl)cc4)CC3)nc12. The number of piperazine rings is 1. The third kappa shape index (κ3) is 6.03. The highest BCUT2D eigenvalue weighted by atomic mass is 35.5. The molecular formula is C23H27ClN4O3S2. The van der Waals surface area contributed by atoms with Crippen molar-refractivity contribution in [1.29, 1.82) is 0 Å². The molecule has 0 saturated carbocycles. The van der Waals surface area contributed by atoms with Crippen LogP contribution in [0.4, 0.5) is 5.13 Å². The third-order valence-electron chi connectivity index (χ3n) is 5.48. The lowest BCUT2D eigenvalue weighted by atomic mass is 10.3. The fraction of sp³-hybridized carbons (Fsp3) is 0.391. The largest absolute Gasteiger partial charge is 0.495 e. The Balaban J connectivity index is 1.22. The summed E-state index contributed by atoms with van der Waals surface area (Å²) in [7, 11) is 3.34. The van der Waals surface area contributed by atoms with E-state index in [-0.39, 0.29) is 5.91 Å². The Morgan fingerprint density at radius 3 is 2.48 bits per heavy atom. The van der Waals surface area contributed by atoms with E-state index in [1.165, 1.54) is 11.8 Å². The molecule has 1 saturated heterocycles. The first kappa shape index (κ1) is 23.9. The average molecular weight is 507 g/mol. The van der Waals surface area contributed by atoms with Crippen molar-refractivity contribution in [3.8, 4) is 11.5 Å². The molecule has 33 heavy (non-hydrogen) atoms. The van der Waals surface area contributed by atoms with Gasteiger partial charge in [-0.25, -0.2) is 4.98 Å². The van der Waals surface area contributed by atoms with Gasteiger partial charge in [-0.3, -0.25) is 9.69 Å². The molecule has 0 radical (unpaired) electrons. The van der Waals surface area contributed by atoms with Crippen LogP contribution >= 0.6 is 34.7 Å². The number of nitrogens with zero attached hydrogens (tertiary/aromatic N) is 3. The van der Waals surface area contributed by atoms with Crippen LogP contribution in [-0.2, 0) is 4.79 Å². The van der Waals surface area contributed by atoms with Crippen molar-refractivity contribution < 1.29 is 14.3 Å². The predicted molar refractivity (Wildman–Crippen MR) is 137 cm³/mol. The van der Waals surface area contributed by atoms with Crippen LogP contribution < -0.4 is 19.7 Å². The van der Waals surface area contributed by atoms with Gasteiger partial charge in [-0.1, -0.05) is 22.9 Å². The van der Waals surface area contributed by atoms with Crippen LogP contribution in [0.15, 0.2) is 41.3 Å². The third-order valence-corrected chi connectivity index (χ3v) is 7.87. The van der Waals surface area contributed by atoms with Gasteiger partial charge in [0, 0.05) is 49.2 Å². The summed E-state index contributed by atoms with van der Waals surface area (Å²) in [5.74, 6) is 2.03. The molecule has 1 aromatic heterocycles. The lowest BCUT2D eigenvalue weighted by Crippen LogP contribution is -2.48. The molecule has 2 heterocycles. The second-order valence-corrected chi connectivity index (χ2v) is 10.0. The highest BCUT2D eigenvalue weighted by Gasteiger charge is 2.22. The number of thiazole rings is 1. The second kappa shape index (κ2) is 11.3. The fourth-order valence-electron chi connectivity index (χ4n) is 3.66. The van der Waals surface area contributed by atoms with E-state index in [9.17, 15) is 4.79 Å². The molecule has 3 aromatic rings. The summed E-state index contributed by atoms with van der Waals surface area (Å²) >= 11 is 9.04. The number of thioether (sulfide) groups is 1. The van der Waals surface area contributed by atoms with Crippen molar-refractivity contribution in [3.63, 3.8) is 0 Å². The first-order valence-corrected chi connectivity index (χ1v) is 12.9. The number of anilines is 1. The van der Waals surface area contributed by atoms with Gasteiger partial charge in [0.25, 0.3) is 0 Å². The lowest BCUT2D eigenvalue weighted by molar-refractivity contribution is -0.118. The standard InChI is InChI=1S/C23H27ClN4O3S2/c1-30-18-7-8-19(31-2)22-21(18)26-23(33-22)28-13-11-27(12-14-28)10-9-25-20(29)15-32-17-5-3-16(24)4-6-17/h3-8H,9-15H2,1-2H3,(H,25,29). The molecule has 10 heteroatoms. The van der Waals surface area contributed by atoms with Gasteiger partial charge in [0.2, 0.25) is 5.91 Å². The summed E-state index contributed by atoms with van der Waals surface area (Å²) in [4.78, 5) is 22.7. The van der Waals surface area contributed by atoms with Gasteiger partial charge in [-0.05, 0) is 36.4 Å². The summed E-state index contributed by atoms with van der Waals surface area (Å²) < 4.78 is 12.0. The normalized spacial score (nSPS) is 14.5. The summed E-state index contributed by atoms with van der Waals surface area (Å²) in [5.41, 5.74) is 0.846. The Morgan fingerprint density at radius 2 is 1.79 bits per heavy atom. The Bertz CT molecular complexity index is 1040. The molecule has 0 spiro atoms. The number of benzene rings is 2. The van der Waals surface area contributed by atoms with Crippen molar-refractivity contribution in [2.75, 3.05) is 64.1 Å². The molecule has 0 bridgehead atoms. The second-order valence-electron chi connectivity index (χ2n) is 7.57. The maximum atomic E-state index is 12.1. The first-order valence-electron chi connectivity index (χ1n) is 10.7. The molecule has 7 nitrogen and oxygen atoms in total. The van der Waals surface area contributed by atoms with Crippen LogP contribution in [0, 0.1) is 0 Å². The van der Waals surface area contributed by atoms with Gasteiger partial charge in [-0.15, -0.1) is 11.8 Å². The van der Waals surface area contributed by atoms with Gasteiger partial charge in [0.15, 0.2) is 5.13 Å². The Labute approximate surface area is 207 Å². The fourth-order valence-corrected chi connectivity index (χ4v) is 5.64. The van der Waals surface area contributed by atoms with E-state index < -0.39 is 0 Å². The van der Waals surface area contributed by atoms with Gasteiger partial charge < -0.3 is 19.7 Å². The van der Waals surface area contributed by atoms with Crippen LogP contribution in [0.3, 0.4) is 0 Å². The van der Waals surface area contributed by atoms with Gasteiger partial charge in [-0.2, -0.15) is 0 Å². The highest BCUT2D eigenvalue weighted by molar-refractivity contribution is 8.00. The molecule has 1 amide bonds. The molecule has 1 aliphatic rings. The van der Waals surface area contributed by atoms with E-state index in [4.69, 9.17) is 26.1 Å². The average Bonchev–Trinajstić information content (AvgIpc) is 3.29. The topological polar surface area (TPSA) is 66.9 Å². The predicted octanol–water partition coefficient (Wildman–Crippen LogP) is 4.00. The van der Waals surface area contributed by atoms with Crippen molar-refractivity contribution >= 4 is 56.0 Å². The number of methoxy groups -OCH3 is 2. The van der Waals surface area contributed by atoms with Gasteiger partial charge in [0.1, 0.15) is 21.7 Å². The number of carbonyl (C=O) groups excluding carboxylic acids is 1. The van der Waals surface area contributed by atoms with Crippen LogP contribution in [0.1, 0.15) is 0 Å². The maximum absolute atomic E-state index is 12.1. The molecule has 2 aromatic carbocycles. The molecular weight excluding hydrogens is 480 g/mol. The highest BCUT2D eigenvalue weighted by Crippen LogP contribution is 2.40. The zero-order chi connectivity index (χ0) is 23.2. The quantitative estimate of drug-likeness (QED) is 0.440. The number of rotatable bonds is 9. The summed E-state index contributed by atoms with van der Waals surface area (Å²) in [6.45, 7) is 5.14. The van der Waals surface area contributed by atoms with Gasteiger partial charge in [0.05, 0.1) is 20.0 Å². The summed E-state index contributed by atoms with van der Waals surface area (Å²) in [6, 6.07) is 11.3. The minimum absolute atomic E-state index is 0.0472. The molecule has 0 atom stereocenters. The van der Waals surface area contributed by atoms with Crippen molar-refractivity contribution in [1.82, 2.24) is 15.2 Å². The molecule has 0 aliphatic carbocycles. The van der Waals surface area contributed by atoms with E-state index in [2.05, 4.69) is 15.1 Å². The number of halogens is 1. The van der Waals surface area contributed by atoms with E-state index in [1.807, 2.05) is 36.4 Å². The summed E-state index contributed by atoms with van der Waals surface area (Å²) in [5, 5.41) is 4.70. The number of carbonyl (C=O) groups is 1. The van der Waals surface area contributed by atoms with Gasteiger partial charge >= 0.3 is 0 Å². The van der Waals surface area contributed by atoms with E-state index in [0.29, 0.717) is 17.3 Å². The first-order chi connectivity index (χ1) is 16.1. The van der Waals surface area contributed by atoms with Crippen molar-refractivity contribution in [3.05, 3.63) is 41.4 Å². The zero-order valence-electron chi connectivity index (χ0n) is 18.7. The lowest BCUT2D eigenvalue weighted by Gasteiger charge is -2.34. The van der Waals surface area contributed by atoms with Crippen LogP contribution in [0.5, 0.6) is 11.5 Å². The number of nitrogens with one attached hydrogen (secondary N) is 1. The molecule has 176 valence electrons. The minimum Gasteiger partial charge on any atom is -0.495 e. The molecule has 4 rings (SSSR count). The molecule has 1 N–H and O–H groups in total. The minimum atomic E-state index is 0.0472. The Morgan fingerprint density at radius 1 is 1.09 bits per heavy atom. The van der Waals surface area contributed by atoms with E-state index in [1.54, 1.807) is 25.6 Å². The zero-order valence-corrected chi connectivity index (χ0v) is 21.1. The van der Waals surface area contributed by atoms with E-state index >= 15 is 0 Å². The smallest absolute Gasteiger partial charge is 0.230 e. The number of hydrogen-bond donors (Lipinski definition) is 1. The monoisotopic (exact) mass is 506 g/mol. The van der Waals surface area contributed by atoms with Crippen LogP contribution in [0.25, 0.3) is 10.2 Å². The number of amides is 1. The molecule has 0 unspecified atom stereocenters. The van der Waals surface area contributed by atoms with Crippen LogP contribution in [-0.4, -0.2) is 75.0 Å². The Hall–Kier alpha value is -2.20. The number of fused-ring (bicyclic) bond motifs is 1. The number of hydrogen-bond acceptors (Lipinski definition) is 8. The number of aromatic nitrogens is 1. The number of ether oxygens (including phenoxy) is 2. The molecule has 1 aliphatic heterocycles. The maximum Gasteiger partial charge on any atom is 0.230 e. The molecule has 1 fully saturated rings. The summed E-state index contributed by atoms with van der Waals surface area (Å²) in [6.07, 6.45) is 0. The van der Waals surface area contributed by atoms with Crippen molar-refractivity contribution in [2.24, 2.45) is 0 Å².